The SMILES string of the molecule is CCCN1CCC(CNC(=NC)NC2CC=CC2)CC1. The van der Waals surface area contributed by atoms with Gasteiger partial charge in [-0.05, 0) is 57.7 Å². The average Bonchev–Trinajstić information content (AvgIpc) is 2.98. The average molecular weight is 278 g/mol. The van der Waals surface area contributed by atoms with Gasteiger partial charge >= 0.3 is 0 Å². The van der Waals surface area contributed by atoms with E-state index in [0.717, 1.165) is 31.3 Å². The summed E-state index contributed by atoms with van der Waals surface area (Å²) in [5.41, 5.74) is 0. The van der Waals surface area contributed by atoms with Gasteiger partial charge in [0.1, 0.15) is 0 Å². The van der Waals surface area contributed by atoms with Crippen LogP contribution in [-0.2, 0) is 0 Å². The van der Waals surface area contributed by atoms with Gasteiger partial charge in [0.2, 0.25) is 0 Å². The van der Waals surface area contributed by atoms with Crippen molar-refractivity contribution in [1.82, 2.24) is 15.5 Å². The van der Waals surface area contributed by atoms with E-state index in [9.17, 15) is 0 Å². The van der Waals surface area contributed by atoms with Crippen LogP contribution in [0, 0.1) is 5.92 Å². The lowest BCUT2D eigenvalue weighted by Crippen LogP contribution is -2.45. The molecule has 1 aliphatic carbocycles. The van der Waals surface area contributed by atoms with Gasteiger partial charge in [-0.2, -0.15) is 0 Å². The predicted molar refractivity (Wildman–Crippen MR) is 86.1 cm³/mol. The van der Waals surface area contributed by atoms with E-state index in [1.54, 1.807) is 0 Å². The van der Waals surface area contributed by atoms with Crippen LogP contribution in [0.5, 0.6) is 0 Å². The number of hydrogen-bond acceptors (Lipinski definition) is 2. The number of guanidine groups is 1. The number of hydrogen-bond donors (Lipinski definition) is 2. The Morgan fingerprint density at radius 1 is 1.25 bits per heavy atom. The maximum absolute atomic E-state index is 4.34. The van der Waals surface area contributed by atoms with Crippen molar-refractivity contribution in [3.05, 3.63) is 12.2 Å². The first kappa shape index (κ1) is 15.4. The normalized spacial score (nSPS) is 22.4. The summed E-state index contributed by atoms with van der Waals surface area (Å²) >= 11 is 0. The van der Waals surface area contributed by atoms with E-state index in [1.807, 2.05) is 7.05 Å². The third-order valence-corrected chi connectivity index (χ3v) is 4.38. The molecule has 1 fully saturated rings. The van der Waals surface area contributed by atoms with E-state index in [0.29, 0.717) is 6.04 Å². The smallest absolute Gasteiger partial charge is 0.191 e. The van der Waals surface area contributed by atoms with Gasteiger partial charge in [0.15, 0.2) is 5.96 Å². The van der Waals surface area contributed by atoms with Gasteiger partial charge in [-0.15, -0.1) is 0 Å². The first-order chi connectivity index (χ1) is 9.81. The van der Waals surface area contributed by atoms with Gasteiger partial charge in [-0.25, -0.2) is 0 Å². The molecule has 2 N–H and O–H groups in total. The van der Waals surface area contributed by atoms with Crippen LogP contribution < -0.4 is 10.6 Å². The van der Waals surface area contributed by atoms with Crippen molar-refractivity contribution in [3.8, 4) is 0 Å². The van der Waals surface area contributed by atoms with Crippen molar-refractivity contribution in [2.24, 2.45) is 10.9 Å². The van der Waals surface area contributed by atoms with Crippen molar-refractivity contribution < 1.29 is 0 Å². The molecule has 0 saturated carbocycles. The molecule has 4 heteroatoms. The molecule has 2 aliphatic rings. The zero-order valence-corrected chi connectivity index (χ0v) is 13.1. The Balaban J connectivity index is 1.64. The molecule has 0 unspecified atom stereocenters. The van der Waals surface area contributed by atoms with Gasteiger partial charge in [-0.3, -0.25) is 4.99 Å². The maximum atomic E-state index is 4.34. The van der Waals surface area contributed by atoms with Gasteiger partial charge < -0.3 is 15.5 Å². The summed E-state index contributed by atoms with van der Waals surface area (Å²) in [6.07, 6.45) is 10.6. The fourth-order valence-electron chi connectivity index (χ4n) is 3.09. The van der Waals surface area contributed by atoms with Crippen molar-refractivity contribution in [1.29, 1.82) is 0 Å². The summed E-state index contributed by atoms with van der Waals surface area (Å²) in [6, 6.07) is 0.535. The Morgan fingerprint density at radius 3 is 2.55 bits per heavy atom. The van der Waals surface area contributed by atoms with E-state index >= 15 is 0 Å². The lowest BCUT2D eigenvalue weighted by atomic mass is 9.97. The molecule has 114 valence electrons. The monoisotopic (exact) mass is 278 g/mol. The summed E-state index contributed by atoms with van der Waals surface area (Å²) in [5, 5.41) is 7.01. The quantitative estimate of drug-likeness (QED) is 0.459. The molecule has 0 spiro atoms. The molecular weight excluding hydrogens is 248 g/mol. The minimum atomic E-state index is 0.535. The number of likely N-dealkylation sites (tertiary alicyclic amines) is 1. The van der Waals surface area contributed by atoms with Crippen molar-refractivity contribution in [2.75, 3.05) is 33.2 Å². The van der Waals surface area contributed by atoms with E-state index in [2.05, 4.69) is 39.6 Å². The molecule has 0 bridgehead atoms. The second-order valence-electron chi connectivity index (χ2n) is 6.02. The maximum Gasteiger partial charge on any atom is 0.191 e. The number of nitrogens with one attached hydrogen (secondary N) is 2. The van der Waals surface area contributed by atoms with Gasteiger partial charge in [0.25, 0.3) is 0 Å². The van der Waals surface area contributed by atoms with Crippen LogP contribution in [0.4, 0.5) is 0 Å². The highest BCUT2D eigenvalue weighted by atomic mass is 15.2. The third kappa shape index (κ3) is 4.82. The standard InChI is InChI=1S/C16H30N4/c1-3-10-20-11-8-14(9-12-20)13-18-16(17-2)19-15-6-4-5-7-15/h4-5,14-15H,3,6-13H2,1-2H3,(H2,17,18,19). The number of rotatable bonds is 5. The second-order valence-corrected chi connectivity index (χ2v) is 6.02. The molecular formula is C16H30N4. The largest absolute Gasteiger partial charge is 0.356 e. The molecule has 0 amide bonds. The minimum absolute atomic E-state index is 0.535. The first-order valence-corrected chi connectivity index (χ1v) is 8.16. The van der Waals surface area contributed by atoms with E-state index in [1.165, 1.54) is 38.9 Å². The fourth-order valence-corrected chi connectivity index (χ4v) is 3.09. The van der Waals surface area contributed by atoms with Crippen LogP contribution in [0.3, 0.4) is 0 Å². The highest BCUT2D eigenvalue weighted by molar-refractivity contribution is 5.80. The van der Waals surface area contributed by atoms with Gasteiger partial charge in [-0.1, -0.05) is 19.1 Å². The lowest BCUT2D eigenvalue weighted by molar-refractivity contribution is 0.185. The molecule has 2 rings (SSSR count). The fraction of sp³-hybridized carbons (Fsp3) is 0.812. The van der Waals surface area contributed by atoms with Crippen LogP contribution in [-0.4, -0.2) is 50.1 Å². The Morgan fingerprint density at radius 2 is 1.95 bits per heavy atom. The highest BCUT2D eigenvalue weighted by Gasteiger charge is 2.19. The minimum Gasteiger partial charge on any atom is -0.356 e. The summed E-state index contributed by atoms with van der Waals surface area (Å²) in [7, 11) is 1.86. The summed E-state index contributed by atoms with van der Waals surface area (Å²) in [6.45, 7) is 7.11. The number of aliphatic imine (C=N–C) groups is 1. The molecule has 4 nitrogen and oxygen atoms in total. The number of nitrogens with zero attached hydrogens (tertiary/aromatic N) is 2. The molecule has 20 heavy (non-hydrogen) atoms. The lowest BCUT2D eigenvalue weighted by Gasteiger charge is -2.32. The van der Waals surface area contributed by atoms with Gasteiger partial charge in [0, 0.05) is 19.6 Å². The van der Waals surface area contributed by atoms with Crippen LogP contribution in [0.25, 0.3) is 0 Å². The second kappa shape index (κ2) is 8.30. The Labute approximate surface area is 123 Å². The third-order valence-electron chi connectivity index (χ3n) is 4.38. The van der Waals surface area contributed by atoms with Crippen molar-refractivity contribution in [3.63, 3.8) is 0 Å². The van der Waals surface area contributed by atoms with Crippen molar-refractivity contribution >= 4 is 5.96 Å². The summed E-state index contributed by atoms with van der Waals surface area (Å²) in [5.74, 6) is 1.76. The first-order valence-electron chi connectivity index (χ1n) is 8.16. The van der Waals surface area contributed by atoms with E-state index in [-0.39, 0.29) is 0 Å². The molecule has 1 heterocycles. The highest BCUT2D eigenvalue weighted by Crippen LogP contribution is 2.16. The zero-order valence-electron chi connectivity index (χ0n) is 13.1. The van der Waals surface area contributed by atoms with E-state index in [4.69, 9.17) is 0 Å². The topological polar surface area (TPSA) is 39.7 Å². The Bertz CT molecular complexity index is 321. The molecule has 0 aromatic carbocycles. The Kier molecular flexibility index (Phi) is 6.37. The summed E-state index contributed by atoms with van der Waals surface area (Å²) in [4.78, 5) is 6.93. The van der Waals surface area contributed by atoms with Crippen LogP contribution >= 0.6 is 0 Å². The summed E-state index contributed by atoms with van der Waals surface area (Å²) < 4.78 is 0. The van der Waals surface area contributed by atoms with Crippen molar-refractivity contribution in [2.45, 2.75) is 45.1 Å². The molecule has 0 aromatic heterocycles. The Hall–Kier alpha value is -1.03. The van der Waals surface area contributed by atoms with Crippen LogP contribution in [0.1, 0.15) is 39.0 Å². The van der Waals surface area contributed by atoms with Crippen LogP contribution in [0.2, 0.25) is 0 Å². The van der Waals surface area contributed by atoms with Gasteiger partial charge in [0.05, 0.1) is 0 Å². The van der Waals surface area contributed by atoms with E-state index < -0.39 is 0 Å². The predicted octanol–water partition coefficient (Wildman–Crippen LogP) is 1.99. The molecule has 1 aliphatic heterocycles. The number of piperidine rings is 1. The van der Waals surface area contributed by atoms with Crippen LogP contribution in [0.15, 0.2) is 17.1 Å². The molecule has 1 saturated heterocycles. The molecule has 0 atom stereocenters. The zero-order chi connectivity index (χ0) is 14.2. The molecule has 0 aromatic rings. The molecule has 0 radical (unpaired) electrons.